The monoisotopic (exact) mass is 256 g/mol. The molecule has 100 valence electrons. The summed E-state index contributed by atoms with van der Waals surface area (Å²) in [5, 5.41) is 3.22. The van der Waals surface area contributed by atoms with Gasteiger partial charge in [0.05, 0.1) is 6.61 Å². The lowest BCUT2D eigenvalue weighted by Crippen LogP contribution is -2.12. The predicted octanol–water partition coefficient (Wildman–Crippen LogP) is 2.98. The molecule has 3 heteroatoms. The van der Waals surface area contributed by atoms with Gasteiger partial charge in [0.25, 0.3) is 0 Å². The molecular formula is C16H20N2O. The molecule has 0 amide bonds. The number of hydrogen-bond acceptors (Lipinski definition) is 3. The lowest BCUT2D eigenvalue weighted by Gasteiger charge is -2.11. The van der Waals surface area contributed by atoms with Crippen molar-refractivity contribution in [2.75, 3.05) is 13.7 Å². The summed E-state index contributed by atoms with van der Waals surface area (Å²) < 4.78 is 5.72. The number of rotatable bonds is 6. The van der Waals surface area contributed by atoms with E-state index in [4.69, 9.17) is 4.74 Å². The number of pyridine rings is 1. The minimum absolute atomic E-state index is 0.363. The van der Waals surface area contributed by atoms with Gasteiger partial charge in [0.1, 0.15) is 5.75 Å². The van der Waals surface area contributed by atoms with Crippen molar-refractivity contribution in [1.29, 1.82) is 0 Å². The van der Waals surface area contributed by atoms with Gasteiger partial charge in [-0.25, -0.2) is 0 Å². The Kier molecular flexibility index (Phi) is 4.93. The molecule has 0 radical (unpaired) electrons. The van der Waals surface area contributed by atoms with Gasteiger partial charge in [0, 0.05) is 24.4 Å². The summed E-state index contributed by atoms with van der Waals surface area (Å²) >= 11 is 0. The van der Waals surface area contributed by atoms with Crippen LogP contribution in [0, 0.1) is 0 Å². The molecule has 1 unspecified atom stereocenters. The zero-order valence-corrected chi connectivity index (χ0v) is 11.5. The molecule has 0 aliphatic heterocycles. The third-order valence-electron chi connectivity index (χ3n) is 3.17. The Hall–Kier alpha value is -1.87. The molecule has 1 N–H and O–H groups in total. The summed E-state index contributed by atoms with van der Waals surface area (Å²) in [6.45, 7) is 2.79. The molecule has 0 aliphatic carbocycles. The average molecular weight is 256 g/mol. The molecule has 2 aromatic rings. The fourth-order valence-corrected chi connectivity index (χ4v) is 1.84. The van der Waals surface area contributed by atoms with Crippen LogP contribution in [0.1, 0.15) is 24.2 Å². The van der Waals surface area contributed by atoms with Crippen LogP contribution in [0.4, 0.5) is 0 Å². The summed E-state index contributed by atoms with van der Waals surface area (Å²) in [6.07, 6.45) is 2.64. The average Bonchev–Trinajstić information content (AvgIpc) is 2.48. The summed E-state index contributed by atoms with van der Waals surface area (Å²) in [6, 6.07) is 14.5. The summed E-state index contributed by atoms with van der Waals surface area (Å²) in [5.74, 6) is 0.906. The highest BCUT2D eigenvalue weighted by Gasteiger charge is 2.02. The molecule has 0 saturated heterocycles. The Labute approximate surface area is 114 Å². The molecule has 1 aromatic carbocycles. The second kappa shape index (κ2) is 6.90. The van der Waals surface area contributed by atoms with Gasteiger partial charge < -0.3 is 10.1 Å². The minimum Gasteiger partial charge on any atom is -0.493 e. The van der Waals surface area contributed by atoms with Crippen molar-refractivity contribution >= 4 is 0 Å². The van der Waals surface area contributed by atoms with Gasteiger partial charge in [-0.15, -0.1) is 0 Å². The van der Waals surface area contributed by atoms with E-state index in [1.807, 2.05) is 43.6 Å². The zero-order chi connectivity index (χ0) is 13.5. The highest BCUT2D eigenvalue weighted by Crippen LogP contribution is 2.17. The van der Waals surface area contributed by atoms with E-state index in [1.165, 1.54) is 5.56 Å². The Morgan fingerprint density at radius 3 is 2.58 bits per heavy atom. The maximum absolute atomic E-state index is 5.72. The number of aromatic nitrogens is 1. The summed E-state index contributed by atoms with van der Waals surface area (Å²) in [7, 11) is 1.96. The fourth-order valence-electron chi connectivity index (χ4n) is 1.84. The third kappa shape index (κ3) is 4.07. The quantitative estimate of drug-likeness (QED) is 0.862. The highest BCUT2D eigenvalue weighted by molar-refractivity contribution is 5.28. The lowest BCUT2D eigenvalue weighted by atomic mass is 10.1. The van der Waals surface area contributed by atoms with E-state index in [0.29, 0.717) is 12.6 Å². The highest BCUT2D eigenvalue weighted by atomic mass is 16.5. The molecule has 0 spiro atoms. The normalized spacial score (nSPS) is 12.1. The van der Waals surface area contributed by atoms with Gasteiger partial charge in [0.15, 0.2) is 0 Å². The standard InChI is InChI=1S/C16H20N2O/c1-13(17-2)14-6-8-16(9-7-14)19-12-10-15-5-3-4-11-18-15/h3-9,11,13,17H,10,12H2,1-2H3. The third-order valence-corrected chi connectivity index (χ3v) is 3.17. The molecule has 1 aromatic heterocycles. The van der Waals surface area contributed by atoms with Crippen molar-refractivity contribution in [2.45, 2.75) is 19.4 Å². The van der Waals surface area contributed by atoms with Crippen LogP contribution in [-0.4, -0.2) is 18.6 Å². The first-order chi connectivity index (χ1) is 9.29. The molecule has 0 aliphatic rings. The Morgan fingerprint density at radius 2 is 1.95 bits per heavy atom. The van der Waals surface area contributed by atoms with Crippen LogP contribution in [0.15, 0.2) is 48.7 Å². The van der Waals surface area contributed by atoms with Gasteiger partial charge in [-0.2, -0.15) is 0 Å². The summed E-state index contributed by atoms with van der Waals surface area (Å²) in [5.41, 5.74) is 2.32. The van der Waals surface area contributed by atoms with Gasteiger partial charge in [0.2, 0.25) is 0 Å². The first-order valence-electron chi connectivity index (χ1n) is 6.59. The van der Waals surface area contributed by atoms with Crippen LogP contribution in [0.25, 0.3) is 0 Å². The van der Waals surface area contributed by atoms with Crippen molar-refractivity contribution < 1.29 is 4.74 Å². The van der Waals surface area contributed by atoms with Gasteiger partial charge in [-0.3, -0.25) is 4.98 Å². The molecule has 19 heavy (non-hydrogen) atoms. The second-order valence-electron chi connectivity index (χ2n) is 4.50. The van der Waals surface area contributed by atoms with Crippen molar-refractivity contribution in [2.24, 2.45) is 0 Å². The molecule has 3 nitrogen and oxygen atoms in total. The molecule has 1 heterocycles. The topological polar surface area (TPSA) is 34.1 Å². The molecule has 0 saturated carbocycles. The van der Waals surface area contributed by atoms with Crippen LogP contribution in [0.2, 0.25) is 0 Å². The molecule has 0 bridgehead atoms. The fraction of sp³-hybridized carbons (Fsp3) is 0.312. The zero-order valence-electron chi connectivity index (χ0n) is 11.5. The van der Waals surface area contributed by atoms with Gasteiger partial charge in [-0.1, -0.05) is 18.2 Å². The number of ether oxygens (including phenoxy) is 1. The van der Waals surface area contributed by atoms with Crippen LogP contribution < -0.4 is 10.1 Å². The number of nitrogens with zero attached hydrogens (tertiary/aromatic N) is 1. The number of benzene rings is 1. The second-order valence-corrected chi connectivity index (χ2v) is 4.50. The van der Waals surface area contributed by atoms with Crippen molar-refractivity contribution in [3.05, 3.63) is 59.9 Å². The van der Waals surface area contributed by atoms with E-state index in [1.54, 1.807) is 0 Å². The van der Waals surface area contributed by atoms with E-state index in [9.17, 15) is 0 Å². The maximum Gasteiger partial charge on any atom is 0.119 e. The van der Waals surface area contributed by atoms with E-state index in [2.05, 4.69) is 29.4 Å². The predicted molar refractivity (Wildman–Crippen MR) is 77.4 cm³/mol. The van der Waals surface area contributed by atoms with Crippen LogP contribution in [0.5, 0.6) is 5.75 Å². The molecule has 0 fully saturated rings. The summed E-state index contributed by atoms with van der Waals surface area (Å²) in [4.78, 5) is 4.27. The van der Waals surface area contributed by atoms with Gasteiger partial charge >= 0.3 is 0 Å². The van der Waals surface area contributed by atoms with Crippen LogP contribution >= 0.6 is 0 Å². The first kappa shape index (κ1) is 13.6. The van der Waals surface area contributed by atoms with Crippen molar-refractivity contribution in [3.8, 4) is 5.75 Å². The molecule has 2 rings (SSSR count). The van der Waals surface area contributed by atoms with Crippen molar-refractivity contribution in [1.82, 2.24) is 10.3 Å². The Balaban J connectivity index is 1.83. The number of nitrogens with one attached hydrogen (secondary N) is 1. The van der Waals surface area contributed by atoms with Crippen molar-refractivity contribution in [3.63, 3.8) is 0 Å². The molecule has 1 atom stereocenters. The Morgan fingerprint density at radius 1 is 1.16 bits per heavy atom. The minimum atomic E-state index is 0.363. The van der Waals surface area contributed by atoms with Gasteiger partial charge in [-0.05, 0) is 43.8 Å². The SMILES string of the molecule is CNC(C)c1ccc(OCCc2ccccn2)cc1. The van der Waals surface area contributed by atoms with E-state index >= 15 is 0 Å². The van der Waals surface area contributed by atoms with E-state index < -0.39 is 0 Å². The van der Waals surface area contributed by atoms with Crippen LogP contribution in [0.3, 0.4) is 0 Å². The Bertz CT molecular complexity index is 482. The number of hydrogen-bond donors (Lipinski definition) is 1. The van der Waals surface area contributed by atoms with E-state index in [-0.39, 0.29) is 0 Å². The lowest BCUT2D eigenvalue weighted by molar-refractivity contribution is 0.320. The maximum atomic E-state index is 5.72. The molecular weight excluding hydrogens is 236 g/mol. The first-order valence-corrected chi connectivity index (χ1v) is 6.59. The van der Waals surface area contributed by atoms with E-state index in [0.717, 1.165) is 17.9 Å². The largest absolute Gasteiger partial charge is 0.493 e. The smallest absolute Gasteiger partial charge is 0.119 e. The van der Waals surface area contributed by atoms with Crippen LogP contribution in [-0.2, 0) is 6.42 Å².